The summed E-state index contributed by atoms with van der Waals surface area (Å²) in [5.74, 6) is 0.708. The molecule has 1 atom stereocenters. The van der Waals surface area contributed by atoms with Crippen LogP contribution in [0.15, 0.2) is 58.3 Å². The molecule has 1 nitrogen and oxygen atoms in total. The van der Waals surface area contributed by atoms with Crippen molar-refractivity contribution in [1.82, 2.24) is 4.81 Å². The van der Waals surface area contributed by atoms with Crippen LogP contribution < -0.4 is 0 Å². The van der Waals surface area contributed by atoms with E-state index in [9.17, 15) is 0 Å². The smallest absolute Gasteiger partial charge is 0.185 e. The Bertz CT molecular complexity index is 597. The van der Waals surface area contributed by atoms with Gasteiger partial charge >= 0.3 is 0 Å². The van der Waals surface area contributed by atoms with Gasteiger partial charge in [0.15, 0.2) is 7.98 Å². The predicted octanol–water partition coefficient (Wildman–Crippen LogP) is 3.74. The van der Waals surface area contributed by atoms with Crippen molar-refractivity contribution in [2.24, 2.45) is 0 Å². The highest BCUT2D eigenvalue weighted by Gasteiger charge is 2.20. The van der Waals surface area contributed by atoms with Crippen molar-refractivity contribution in [3.63, 3.8) is 0 Å². The third-order valence-corrected chi connectivity index (χ3v) is 5.11. The number of aryl methyl sites for hydroxylation is 1. The van der Waals surface area contributed by atoms with E-state index >= 15 is 0 Å². The summed E-state index contributed by atoms with van der Waals surface area (Å²) in [6.45, 7) is 1.16. The molecule has 3 rings (SSSR count). The topological polar surface area (TPSA) is 3.24 Å². The standard InChI is InChI=1S/C18H22BNS/c1-20(19)13-15-7-5-6-14-12-17(10-11-18(14)15)21-16-8-3-2-4-9-16/h2-4,8-12,15H,5-7,13,19H2,1H3/t15-/m1/s1. The lowest BCUT2D eigenvalue weighted by molar-refractivity contribution is 0.436. The normalized spacial score (nSPS) is 17.7. The molecule has 0 fully saturated rings. The molecule has 0 N–H and O–H groups in total. The zero-order chi connectivity index (χ0) is 14.7. The lowest BCUT2D eigenvalue weighted by atomic mass is 9.82. The largest absolute Gasteiger partial charge is 0.351 e. The van der Waals surface area contributed by atoms with Crippen molar-refractivity contribution in [1.29, 1.82) is 0 Å². The van der Waals surface area contributed by atoms with Crippen LogP contribution in [0, 0.1) is 0 Å². The molecule has 0 unspecified atom stereocenters. The summed E-state index contributed by atoms with van der Waals surface area (Å²) < 4.78 is 0. The maximum Gasteiger partial charge on any atom is 0.185 e. The highest BCUT2D eigenvalue weighted by atomic mass is 32.2. The first-order chi connectivity index (χ1) is 10.2. The maximum absolute atomic E-state index is 2.41. The number of hydrogen-bond acceptors (Lipinski definition) is 2. The molecular weight excluding hydrogens is 273 g/mol. The number of nitrogens with zero attached hydrogens (tertiary/aromatic N) is 1. The molecule has 0 amide bonds. The van der Waals surface area contributed by atoms with E-state index in [1.807, 2.05) is 11.8 Å². The number of hydrogen-bond donors (Lipinski definition) is 0. The van der Waals surface area contributed by atoms with Gasteiger partial charge in [0.2, 0.25) is 0 Å². The average Bonchev–Trinajstić information content (AvgIpc) is 2.48. The summed E-state index contributed by atoms with van der Waals surface area (Å²) >= 11 is 1.87. The van der Waals surface area contributed by atoms with Gasteiger partial charge in [0.1, 0.15) is 0 Å². The second-order valence-electron chi connectivity index (χ2n) is 6.13. The number of likely N-dealkylation sites (N-methyl/N-ethyl adjacent to an activating group) is 1. The van der Waals surface area contributed by atoms with Crippen LogP contribution >= 0.6 is 11.8 Å². The maximum atomic E-state index is 2.41. The summed E-state index contributed by atoms with van der Waals surface area (Å²) in [5.41, 5.74) is 3.14. The van der Waals surface area contributed by atoms with E-state index < -0.39 is 0 Å². The molecule has 0 saturated carbocycles. The van der Waals surface area contributed by atoms with Crippen LogP contribution in [-0.2, 0) is 6.42 Å². The van der Waals surface area contributed by atoms with E-state index in [0.717, 1.165) is 6.54 Å². The first kappa shape index (κ1) is 14.7. The minimum absolute atomic E-state index is 0.708. The van der Waals surface area contributed by atoms with Crippen LogP contribution in [0.1, 0.15) is 29.9 Å². The highest BCUT2D eigenvalue weighted by molar-refractivity contribution is 7.99. The third-order valence-electron chi connectivity index (χ3n) is 4.12. The second kappa shape index (κ2) is 6.72. The molecular formula is C18H22BNS. The van der Waals surface area contributed by atoms with Gasteiger partial charge in [-0.1, -0.05) is 36.0 Å². The number of fused-ring (bicyclic) bond motifs is 1. The lowest BCUT2D eigenvalue weighted by Gasteiger charge is -2.28. The van der Waals surface area contributed by atoms with Gasteiger partial charge in [0.25, 0.3) is 0 Å². The fourth-order valence-electron chi connectivity index (χ4n) is 3.21. The molecule has 0 aliphatic heterocycles. The van der Waals surface area contributed by atoms with E-state index in [-0.39, 0.29) is 0 Å². The van der Waals surface area contributed by atoms with Gasteiger partial charge in [-0.2, -0.15) is 0 Å². The van der Waals surface area contributed by atoms with Gasteiger partial charge in [-0.05, 0) is 74.2 Å². The Hall–Kier alpha value is -1.19. The molecule has 1 aliphatic rings. The summed E-state index contributed by atoms with van der Waals surface area (Å²) in [7, 11) is 4.35. The van der Waals surface area contributed by atoms with Crippen molar-refractivity contribution in [2.45, 2.75) is 35.0 Å². The van der Waals surface area contributed by atoms with Crippen molar-refractivity contribution < 1.29 is 0 Å². The first-order valence-corrected chi connectivity index (χ1v) is 8.54. The predicted molar refractivity (Wildman–Crippen MR) is 93.9 cm³/mol. The van der Waals surface area contributed by atoms with Crippen molar-refractivity contribution in [3.8, 4) is 0 Å². The molecule has 0 saturated heterocycles. The SMILES string of the molecule is BN(C)C[C@H]1CCCc2cc(Sc3ccccc3)ccc21. The molecule has 0 heterocycles. The van der Waals surface area contributed by atoms with Gasteiger partial charge in [-0.3, -0.25) is 0 Å². The Morgan fingerprint density at radius 2 is 1.95 bits per heavy atom. The Balaban J connectivity index is 1.81. The van der Waals surface area contributed by atoms with Crippen LogP contribution in [0.3, 0.4) is 0 Å². The summed E-state index contributed by atoms with van der Waals surface area (Å²) in [6, 6.07) is 17.7. The van der Waals surface area contributed by atoms with E-state index in [2.05, 4.69) is 68.4 Å². The van der Waals surface area contributed by atoms with Crippen molar-refractivity contribution in [2.75, 3.05) is 13.6 Å². The van der Waals surface area contributed by atoms with Gasteiger partial charge in [0.05, 0.1) is 0 Å². The molecule has 2 aromatic rings. The van der Waals surface area contributed by atoms with Gasteiger partial charge in [-0.15, -0.1) is 0 Å². The fourth-order valence-corrected chi connectivity index (χ4v) is 4.11. The molecule has 21 heavy (non-hydrogen) atoms. The summed E-state index contributed by atoms with van der Waals surface area (Å²) in [5, 5.41) is 0. The first-order valence-electron chi connectivity index (χ1n) is 7.73. The number of benzene rings is 2. The summed E-state index contributed by atoms with van der Waals surface area (Å²) in [4.78, 5) is 5.00. The molecule has 1 aliphatic carbocycles. The Kier molecular flexibility index (Phi) is 4.71. The van der Waals surface area contributed by atoms with Gasteiger partial charge in [0, 0.05) is 9.79 Å². The van der Waals surface area contributed by atoms with Crippen molar-refractivity contribution in [3.05, 3.63) is 59.7 Å². The van der Waals surface area contributed by atoms with Gasteiger partial charge in [-0.25, -0.2) is 0 Å². The average molecular weight is 295 g/mol. The highest BCUT2D eigenvalue weighted by Crippen LogP contribution is 2.36. The monoisotopic (exact) mass is 295 g/mol. The molecule has 3 heteroatoms. The second-order valence-corrected chi connectivity index (χ2v) is 7.27. The Morgan fingerprint density at radius 1 is 1.14 bits per heavy atom. The minimum atomic E-state index is 0.708. The third kappa shape index (κ3) is 3.72. The van der Waals surface area contributed by atoms with Crippen LogP contribution in [0.2, 0.25) is 0 Å². The Labute approximate surface area is 133 Å². The fraction of sp³-hybridized carbons (Fsp3) is 0.333. The van der Waals surface area contributed by atoms with Crippen LogP contribution in [0.4, 0.5) is 0 Å². The van der Waals surface area contributed by atoms with E-state index in [4.69, 9.17) is 0 Å². The quantitative estimate of drug-likeness (QED) is 0.791. The van der Waals surface area contributed by atoms with E-state index in [1.54, 1.807) is 11.1 Å². The van der Waals surface area contributed by atoms with Crippen LogP contribution in [0.25, 0.3) is 0 Å². The number of rotatable bonds is 4. The van der Waals surface area contributed by atoms with Crippen LogP contribution in [0.5, 0.6) is 0 Å². The van der Waals surface area contributed by atoms with Gasteiger partial charge < -0.3 is 4.81 Å². The van der Waals surface area contributed by atoms with Crippen LogP contribution in [-0.4, -0.2) is 26.4 Å². The molecule has 0 aromatic heterocycles. The lowest BCUT2D eigenvalue weighted by Crippen LogP contribution is -2.24. The van der Waals surface area contributed by atoms with E-state index in [0.29, 0.717) is 5.92 Å². The Morgan fingerprint density at radius 3 is 2.71 bits per heavy atom. The molecule has 0 spiro atoms. The molecule has 108 valence electrons. The van der Waals surface area contributed by atoms with E-state index in [1.165, 1.54) is 29.1 Å². The molecule has 0 radical (unpaired) electrons. The summed E-state index contributed by atoms with van der Waals surface area (Å²) in [6.07, 6.45) is 3.89. The zero-order valence-corrected chi connectivity index (χ0v) is 13.7. The molecule has 2 aromatic carbocycles. The van der Waals surface area contributed by atoms with Crippen molar-refractivity contribution >= 4 is 19.7 Å². The zero-order valence-electron chi connectivity index (χ0n) is 12.9. The molecule has 0 bridgehead atoms. The minimum Gasteiger partial charge on any atom is -0.351 e.